The van der Waals surface area contributed by atoms with Crippen LogP contribution in [0.2, 0.25) is 0 Å². The maximum absolute atomic E-state index is 12.8. The second-order valence-corrected chi connectivity index (χ2v) is 7.31. The van der Waals surface area contributed by atoms with E-state index in [-0.39, 0.29) is 30.5 Å². The van der Waals surface area contributed by atoms with Crippen LogP contribution < -0.4 is 24.3 Å². The number of alkyl halides is 3. The zero-order valence-electron chi connectivity index (χ0n) is 19.7. The minimum Gasteiger partial charge on any atom is -0.497 e. The maximum Gasteiger partial charge on any atom is 0.573 e. The van der Waals surface area contributed by atoms with Gasteiger partial charge < -0.3 is 29.0 Å². The molecule has 0 saturated carbocycles. The molecule has 12 heteroatoms. The molecule has 1 heterocycles. The summed E-state index contributed by atoms with van der Waals surface area (Å²) in [4.78, 5) is 20.8. The first-order chi connectivity index (χ1) is 17.2. The third-order valence-electron chi connectivity index (χ3n) is 4.90. The summed E-state index contributed by atoms with van der Waals surface area (Å²) in [5.41, 5.74) is 1.28. The third kappa shape index (κ3) is 7.47. The van der Waals surface area contributed by atoms with Crippen LogP contribution in [0.1, 0.15) is 27.7 Å². The lowest BCUT2D eigenvalue weighted by molar-refractivity contribution is -0.274. The molecule has 0 bridgehead atoms. The Morgan fingerprint density at radius 2 is 1.69 bits per heavy atom. The fourth-order valence-electron chi connectivity index (χ4n) is 3.19. The average molecular weight is 507 g/mol. The van der Waals surface area contributed by atoms with Gasteiger partial charge in [0.05, 0.1) is 26.9 Å². The number of nitrogens with one attached hydrogen (secondary N) is 1. The van der Waals surface area contributed by atoms with Gasteiger partial charge in [-0.05, 0) is 29.8 Å². The van der Waals surface area contributed by atoms with Crippen molar-refractivity contribution in [2.45, 2.75) is 19.0 Å². The highest BCUT2D eigenvalue weighted by molar-refractivity contribution is 5.92. The summed E-state index contributed by atoms with van der Waals surface area (Å²) in [6, 6.07) is 11.1. The smallest absolute Gasteiger partial charge is 0.497 e. The fraction of sp³-hybridized carbons (Fsp3) is 0.292. The highest BCUT2D eigenvalue weighted by atomic mass is 19.4. The normalized spacial score (nSPS) is 11.9. The van der Waals surface area contributed by atoms with E-state index in [1.54, 1.807) is 25.3 Å². The first kappa shape index (κ1) is 26.5. The van der Waals surface area contributed by atoms with Crippen molar-refractivity contribution in [2.75, 3.05) is 27.9 Å². The van der Waals surface area contributed by atoms with Crippen LogP contribution in [0, 0.1) is 0 Å². The molecule has 0 aliphatic carbocycles. The summed E-state index contributed by atoms with van der Waals surface area (Å²) in [6.07, 6.45) is -3.61. The fourth-order valence-corrected chi connectivity index (χ4v) is 3.19. The van der Waals surface area contributed by atoms with Gasteiger partial charge in [-0.25, -0.2) is 9.97 Å². The lowest BCUT2D eigenvalue weighted by Gasteiger charge is -2.19. The SMILES string of the molecule is COCC(NC(=O)c1cc(OCc2ccc(OC)cc2OC)ncn1)c1ccc(OC(F)(F)F)cc1. The van der Waals surface area contributed by atoms with Crippen LogP contribution in [-0.2, 0) is 11.3 Å². The second kappa shape index (κ2) is 12.1. The molecule has 0 saturated heterocycles. The number of rotatable bonds is 11. The van der Waals surface area contributed by atoms with Gasteiger partial charge in [-0.3, -0.25) is 4.79 Å². The van der Waals surface area contributed by atoms with Crippen molar-refractivity contribution < 1.29 is 41.7 Å². The molecule has 0 aliphatic heterocycles. The van der Waals surface area contributed by atoms with Gasteiger partial charge >= 0.3 is 6.36 Å². The first-order valence-electron chi connectivity index (χ1n) is 10.5. The van der Waals surface area contributed by atoms with Crippen LogP contribution in [0.25, 0.3) is 0 Å². The molecule has 36 heavy (non-hydrogen) atoms. The van der Waals surface area contributed by atoms with Gasteiger partial charge in [-0.15, -0.1) is 13.2 Å². The van der Waals surface area contributed by atoms with E-state index in [9.17, 15) is 18.0 Å². The van der Waals surface area contributed by atoms with Crippen LogP contribution in [0.4, 0.5) is 13.2 Å². The lowest BCUT2D eigenvalue weighted by atomic mass is 10.1. The highest BCUT2D eigenvalue weighted by Gasteiger charge is 2.31. The molecule has 1 atom stereocenters. The van der Waals surface area contributed by atoms with Crippen molar-refractivity contribution in [3.63, 3.8) is 0 Å². The van der Waals surface area contributed by atoms with E-state index in [1.165, 1.54) is 38.7 Å². The standard InChI is InChI=1S/C24H24F3N3O6/c1-32-13-20(15-4-7-17(8-5-15)36-24(25,26)27)30-23(31)19-11-22(29-14-28-19)35-12-16-6-9-18(33-2)10-21(16)34-3/h4-11,14,20H,12-13H2,1-3H3,(H,30,31). The van der Waals surface area contributed by atoms with Crippen LogP contribution in [-0.4, -0.2) is 50.2 Å². The van der Waals surface area contributed by atoms with Crippen molar-refractivity contribution in [3.05, 3.63) is 71.7 Å². The second-order valence-electron chi connectivity index (χ2n) is 7.31. The predicted octanol–water partition coefficient (Wildman–Crippen LogP) is 4.09. The highest BCUT2D eigenvalue weighted by Crippen LogP contribution is 2.26. The molecular weight excluding hydrogens is 483 g/mol. The summed E-state index contributed by atoms with van der Waals surface area (Å²) in [7, 11) is 4.51. The molecule has 0 radical (unpaired) electrons. The van der Waals surface area contributed by atoms with Gasteiger partial charge in [0.2, 0.25) is 5.88 Å². The average Bonchev–Trinajstić information content (AvgIpc) is 2.86. The maximum atomic E-state index is 12.8. The number of hydrogen-bond donors (Lipinski definition) is 1. The van der Waals surface area contributed by atoms with Gasteiger partial charge in [-0.1, -0.05) is 12.1 Å². The molecule has 0 fully saturated rings. The van der Waals surface area contributed by atoms with Crippen molar-refractivity contribution in [1.82, 2.24) is 15.3 Å². The molecule has 192 valence electrons. The van der Waals surface area contributed by atoms with Crippen LogP contribution in [0.3, 0.4) is 0 Å². The van der Waals surface area contributed by atoms with Crippen molar-refractivity contribution >= 4 is 5.91 Å². The van der Waals surface area contributed by atoms with E-state index >= 15 is 0 Å². The van der Waals surface area contributed by atoms with E-state index in [2.05, 4.69) is 20.0 Å². The molecule has 3 aromatic rings. The number of halogens is 3. The number of carbonyl (C=O) groups excluding carboxylic acids is 1. The van der Waals surface area contributed by atoms with Gasteiger partial charge in [0, 0.05) is 24.8 Å². The Labute approximate surface area is 205 Å². The van der Waals surface area contributed by atoms with Crippen LogP contribution >= 0.6 is 0 Å². The van der Waals surface area contributed by atoms with Crippen LogP contribution in [0.5, 0.6) is 23.1 Å². The molecule has 0 aliphatic rings. The first-order valence-corrected chi connectivity index (χ1v) is 10.5. The Kier molecular flexibility index (Phi) is 8.90. The number of aromatic nitrogens is 2. The molecule has 3 rings (SSSR count). The minimum atomic E-state index is -4.80. The van der Waals surface area contributed by atoms with E-state index in [4.69, 9.17) is 18.9 Å². The zero-order chi connectivity index (χ0) is 26.1. The van der Waals surface area contributed by atoms with Crippen molar-refractivity contribution in [1.29, 1.82) is 0 Å². The number of hydrogen-bond acceptors (Lipinski definition) is 8. The van der Waals surface area contributed by atoms with E-state index < -0.39 is 18.3 Å². The number of ether oxygens (including phenoxy) is 5. The summed E-state index contributed by atoms with van der Waals surface area (Å²) < 4.78 is 62.5. The Hall–Kier alpha value is -4.06. The molecular formula is C24H24F3N3O6. The lowest BCUT2D eigenvalue weighted by Crippen LogP contribution is -2.32. The summed E-state index contributed by atoms with van der Waals surface area (Å²) >= 11 is 0. The monoisotopic (exact) mass is 507 g/mol. The Morgan fingerprint density at radius 1 is 0.972 bits per heavy atom. The molecule has 9 nitrogen and oxygen atoms in total. The quantitative estimate of drug-likeness (QED) is 0.414. The number of methoxy groups -OCH3 is 3. The van der Waals surface area contributed by atoms with Gasteiger partial charge in [-0.2, -0.15) is 0 Å². The van der Waals surface area contributed by atoms with Crippen LogP contribution in [0.15, 0.2) is 54.9 Å². The Bertz CT molecular complexity index is 1160. The molecule has 1 amide bonds. The molecule has 1 aromatic heterocycles. The van der Waals surface area contributed by atoms with Gasteiger partial charge in [0.1, 0.15) is 35.9 Å². The predicted molar refractivity (Wildman–Crippen MR) is 121 cm³/mol. The number of benzene rings is 2. The van der Waals surface area contributed by atoms with E-state index in [1.807, 2.05) is 0 Å². The Balaban J connectivity index is 1.68. The molecule has 0 spiro atoms. The molecule has 2 aromatic carbocycles. The topological polar surface area (TPSA) is 101 Å². The largest absolute Gasteiger partial charge is 0.573 e. The molecule has 1 unspecified atom stereocenters. The number of amides is 1. The van der Waals surface area contributed by atoms with E-state index in [0.29, 0.717) is 17.1 Å². The number of nitrogens with zero attached hydrogens (tertiary/aromatic N) is 2. The van der Waals surface area contributed by atoms with E-state index in [0.717, 1.165) is 17.7 Å². The zero-order valence-corrected chi connectivity index (χ0v) is 19.7. The van der Waals surface area contributed by atoms with Crippen molar-refractivity contribution in [2.24, 2.45) is 0 Å². The van der Waals surface area contributed by atoms with Gasteiger partial charge in [0.15, 0.2) is 0 Å². The summed E-state index contributed by atoms with van der Waals surface area (Å²) in [6.45, 7) is 0.181. The Morgan fingerprint density at radius 3 is 2.33 bits per heavy atom. The summed E-state index contributed by atoms with van der Waals surface area (Å²) in [5.74, 6) is 0.423. The third-order valence-corrected chi connectivity index (χ3v) is 4.90. The van der Waals surface area contributed by atoms with Crippen molar-refractivity contribution in [3.8, 4) is 23.1 Å². The molecule has 1 N–H and O–H groups in total. The number of carbonyl (C=O) groups is 1. The minimum absolute atomic E-state index is 0.0276. The summed E-state index contributed by atoms with van der Waals surface area (Å²) in [5, 5.41) is 2.74. The van der Waals surface area contributed by atoms with Gasteiger partial charge in [0.25, 0.3) is 5.91 Å².